The summed E-state index contributed by atoms with van der Waals surface area (Å²) in [5.41, 5.74) is 27.4. The number of hydrogen-bond donors (Lipinski definition) is 21. The lowest BCUT2D eigenvalue weighted by atomic mass is 9.94. The first-order valence-corrected chi connectivity index (χ1v) is 29.9. The zero-order valence-electron chi connectivity index (χ0n) is 52.5. The molecule has 0 bridgehead atoms. The third-order valence-electron chi connectivity index (χ3n) is 14.6. The first-order chi connectivity index (χ1) is 43.6. The van der Waals surface area contributed by atoms with Crippen LogP contribution in [0.1, 0.15) is 112 Å². The SMILES string of the molecule is CC(=O)NC1C(OC2C(CO)OC(O)C(NC(C)=O)C2OC(C)C(=O)NC(C)C(=O)NC(CCC(=O)NC(CCCCN)C(=O)NC(C)C(=O)NC(CC(=O)NCCCCC(NC(=O)CCC(NC(=O)C(C)N)C(N)=O)C(=O)O)C(N)=O)C(N)=O)OC(CO)C(O)C1O. The Morgan fingerprint density at radius 3 is 1.49 bits per heavy atom. The molecule has 0 aliphatic carbocycles. The molecule has 2 fully saturated rings. The fourth-order valence-corrected chi connectivity index (χ4v) is 9.35. The second-order valence-corrected chi connectivity index (χ2v) is 22.4. The number of primary amides is 3. The number of carbonyl (C=O) groups is 14. The molecule has 13 amide bonds. The first-order valence-electron chi connectivity index (χ1n) is 29.9. The number of aliphatic hydroxyl groups is 5. The van der Waals surface area contributed by atoms with E-state index in [0.29, 0.717) is 12.8 Å². The predicted octanol–water partition coefficient (Wildman–Crippen LogP) is -11.0. The molecule has 0 aromatic rings. The van der Waals surface area contributed by atoms with Gasteiger partial charge in [-0.05, 0) is 85.6 Å². The fraction of sp³-hybridized carbons (Fsp3) is 0.741. The lowest BCUT2D eigenvalue weighted by Crippen LogP contribution is -2.70. The topological polar surface area (TPSA) is 648 Å². The Morgan fingerprint density at radius 1 is 0.516 bits per heavy atom. The normalized spacial score (nSPS) is 23.9. The van der Waals surface area contributed by atoms with Crippen LogP contribution in [-0.2, 0) is 86.1 Å². The Morgan fingerprint density at radius 2 is 1.00 bits per heavy atom. The van der Waals surface area contributed by atoms with Gasteiger partial charge in [0, 0.05) is 33.2 Å². The van der Waals surface area contributed by atoms with Crippen LogP contribution < -0.4 is 81.8 Å². The smallest absolute Gasteiger partial charge is 0.326 e. The largest absolute Gasteiger partial charge is 0.480 e. The molecule has 528 valence electrons. The number of rotatable bonds is 41. The average molecular weight is 1340 g/mol. The van der Waals surface area contributed by atoms with E-state index in [4.69, 9.17) is 47.6 Å². The zero-order chi connectivity index (χ0) is 70.6. The Balaban J connectivity index is 2.05. The maximum atomic E-state index is 13.7. The Bertz CT molecular complexity index is 2590. The highest BCUT2D eigenvalue weighted by molar-refractivity contribution is 5.96. The van der Waals surface area contributed by atoms with E-state index in [2.05, 4.69) is 53.2 Å². The summed E-state index contributed by atoms with van der Waals surface area (Å²) in [7, 11) is 0. The van der Waals surface area contributed by atoms with Crippen LogP contribution in [0.4, 0.5) is 0 Å². The van der Waals surface area contributed by atoms with Gasteiger partial charge in [0.2, 0.25) is 76.8 Å². The van der Waals surface area contributed by atoms with E-state index < -0.39 is 231 Å². The van der Waals surface area contributed by atoms with Gasteiger partial charge in [0.1, 0.15) is 97.1 Å². The van der Waals surface area contributed by atoms with Gasteiger partial charge in [-0.15, -0.1) is 0 Å². The Hall–Kier alpha value is -7.86. The van der Waals surface area contributed by atoms with Crippen molar-refractivity contribution in [2.45, 2.75) is 228 Å². The lowest BCUT2D eigenvalue weighted by Gasteiger charge is -2.48. The van der Waals surface area contributed by atoms with Crippen LogP contribution in [0.5, 0.6) is 0 Å². The number of aliphatic carboxylic acids is 1. The summed E-state index contributed by atoms with van der Waals surface area (Å²) < 4.78 is 23.3. The van der Waals surface area contributed by atoms with E-state index in [-0.39, 0.29) is 51.6 Å². The number of hydrogen-bond acceptors (Lipinski definition) is 25. The molecule has 0 spiro atoms. The van der Waals surface area contributed by atoms with Crippen molar-refractivity contribution in [1.82, 2.24) is 53.2 Å². The van der Waals surface area contributed by atoms with Crippen molar-refractivity contribution >= 4 is 82.8 Å². The summed E-state index contributed by atoms with van der Waals surface area (Å²) in [4.78, 5) is 177. The van der Waals surface area contributed by atoms with Gasteiger partial charge >= 0.3 is 5.97 Å². The number of carboxylic acids is 1. The van der Waals surface area contributed by atoms with E-state index in [9.17, 15) is 97.8 Å². The summed E-state index contributed by atoms with van der Waals surface area (Å²) in [5.74, 6) is -12.9. The number of carbonyl (C=O) groups excluding carboxylic acids is 13. The summed E-state index contributed by atoms with van der Waals surface area (Å²) in [6.45, 7) is 5.52. The third-order valence-corrected chi connectivity index (χ3v) is 14.6. The van der Waals surface area contributed by atoms with Gasteiger partial charge in [0.15, 0.2) is 12.6 Å². The molecule has 0 radical (unpaired) electrons. The monoisotopic (exact) mass is 1340 g/mol. The summed E-state index contributed by atoms with van der Waals surface area (Å²) in [6, 6.07) is -14.0. The molecule has 0 aromatic heterocycles. The third kappa shape index (κ3) is 27.7. The summed E-state index contributed by atoms with van der Waals surface area (Å²) in [5, 5.41) is 85.9. The molecule has 0 aromatic carbocycles. The van der Waals surface area contributed by atoms with Gasteiger partial charge in [-0.1, -0.05) is 0 Å². The standard InChI is InChI=1S/C54H93N15O24/c1-22(56)47(82)67-28(44(57)79)13-16-36(75)66-31(52(87)88)12-8-10-18-60-37(76)19-32(46(59)81)69-49(84)24(3)62-51(86)30(11-7-9-17-55)65-35(74)15-14-29(45(58)80)68-48(83)23(2)61-50(85)25(4)90-43-39(64-27(6)73)53(89)91-34(21-71)42(43)93-54-38(63-26(5)72)41(78)40(77)33(20-70)92-54/h22-25,28-34,38-43,53-54,70-71,77-78,89H,7-21,55-56H2,1-6H3,(H2,57,79)(H2,58,80)(H2,59,81)(H,60,76)(H,61,85)(H,62,86)(H,63,72)(H,64,73)(H,65,74)(H,66,75)(H,67,82)(H,68,83)(H,69,84)(H,87,88). The summed E-state index contributed by atoms with van der Waals surface area (Å²) in [6.07, 6.45) is -16.4. The molecule has 2 rings (SSSR count). The number of unbranched alkanes of at least 4 members (excludes halogenated alkanes) is 2. The first kappa shape index (κ1) is 81.2. The highest BCUT2D eigenvalue weighted by Gasteiger charge is 2.53. The molecule has 93 heavy (non-hydrogen) atoms. The maximum absolute atomic E-state index is 13.7. The van der Waals surface area contributed by atoms with Gasteiger partial charge < -0.3 is 131 Å². The molecule has 2 aliphatic rings. The molecular weight excluding hydrogens is 1240 g/mol. The minimum atomic E-state index is -1.92. The van der Waals surface area contributed by atoms with E-state index in [1.165, 1.54) is 27.7 Å². The average Bonchev–Trinajstić information content (AvgIpc) is 0.781. The van der Waals surface area contributed by atoms with Crippen LogP contribution in [0, 0.1) is 0 Å². The molecule has 2 saturated heterocycles. The Labute approximate surface area is 534 Å². The van der Waals surface area contributed by atoms with E-state index in [0.717, 1.165) is 13.8 Å². The molecule has 2 aliphatic heterocycles. The lowest BCUT2D eigenvalue weighted by molar-refractivity contribution is -0.333. The van der Waals surface area contributed by atoms with E-state index >= 15 is 0 Å². The van der Waals surface area contributed by atoms with Crippen molar-refractivity contribution in [3.8, 4) is 0 Å². The highest BCUT2D eigenvalue weighted by Crippen LogP contribution is 2.31. The minimum absolute atomic E-state index is 0.0166. The van der Waals surface area contributed by atoms with Crippen LogP contribution in [0.25, 0.3) is 0 Å². The van der Waals surface area contributed by atoms with Crippen LogP contribution in [0.15, 0.2) is 0 Å². The van der Waals surface area contributed by atoms with Crippen LogP contribution >= 0.6 is 0 Å². The number of carboxylic acid groups (broad SMARTS) is 1. The van der Waals surface area contributed by atoms with Gasteiger partial charge in [0.05, 0.1) is 25.7 Å². The van der Waals surface area contributed by atoms with Crippen molar-refractivity contribution in [1.29, 1.82) is 0 Å². The van der Waals surface area contributed by atoms with Crippen molar-refractivity contribution in [2.24, 2.45) is 28.7 Å². The zero-order valence-corrected chi connectivity index (χ0v) is 52.5. The highest BCUT2D eigenvalue weighted by atomic mass is 16.7. The molecule has 39 nitrogen and oxygen atoms in total. The van der Waals surface area contributed by atoms with Crippen LogP contribution in [0.3, 0.4) is 0 Å². The predicted molar refractivity (Wildman–Crippen MR) is 317 cm³/mol. The molecular formula is C54H93N15O24. The van der Waals surface area contributed by atoms with Crippen LogP contribution in [0.2, 0.25) is 0 Å². The number of ether oxygens (including phenoxy) is 4. The van der Waals surface area contributed by atoms with Gasteiger partial charge in [-0.2, -0.15) is 0 Å². The van der Waals surface area contributed by atoms with Gasteiger partial charge in [-0.3, -0.25) is 62.3 Å². The minimum Gasteiger partial charge on any atom is -0.480 e. The van der Waals surface area contributed by atoms with Crippen LogP contribution in [-0.4, -0.2) is 255 Å². The van der Waals surface area contributed by atoms with Gasteiger partial charge in [-0.25, -0.2) is 4.79 Å². The number of nitrogens with one attached hydrogen (secondary N) is 10. The van der Waals surface area contributed by atoms with Gasteiger partial charge in [0.25, 0.3) is 0 Å². The van der Waals surface area contributed by atoms with Crippen molar-refractivity contribution in [3.63, 3.8) is 0 Å². The molecule has 2 heterocycles. The number of amides is 13. The molecule has 19 atom stereocenters. The van der Waals surface area contributed by atoms with Crippen molar-refractivity contribution < 1.29 is 117 Å². The van der Waals surface area contributed by atoms with E-state index in [1.54, 1.807) is 0 Å². The van der Waals surface area contributed by atoms with Crippen molar-refractivity contribution in [3.05, 3.63) is 0 Å². The fourth-order valence-electron chi connectivity index (χ4n) is 9.35. The quantitative estimate of drug-likeness (QED) is 0.0253. The van der Waals surface area contributed by atoms with E-state index in [1.807, 2.05) is 0 Å². The number of aliphatic hydroxyl groups excluding tert-OH is 5. The molecule has 39 heteroatoms. The molecule has 26 N–H and O–H groups in total. The molecule has 19 unspecified atom stereocenters. The number of nitrogens with two attached hydrogens (primary N) is 5. The maximum Gasteiger partial charge on any atom is 0.326 e. The Kier molecular flexibility index (Phi) is 35.2. The van der Waals surface area contributed by atoms with Crippen molar-refractivity contribution in [2.75, 3.05) is 26.3 Å². The second-order valence-electron chi connectivity index (χ2n) is 22.4. The molecule has 0 saturated carbocycles. The second kappa shape index (κ2) is 40.3. The summed E-state index contributed by atoms with van der Waals surface area (Å²) >= 11 is 0.